The molecule has 1 aliphatic rings. The second kappa shape index (κ2) is 7.12. The summed E-state index contributed by atoms with van der Waals surface area (Å²) in [6.45, 7) is 1.99. The van der Waals surface area contributed by atoms with E-state index in [2.05, 4.69) is 26.3 Å². The Labute approximate surface area is 183 Å². The molecule has 0 atom stereocenters. The molecule has 5 aromatic rings. The number of nitrogens with zero attached hydrogens (tertiary/aromatic N) is 5. The van der Waals surface area contributed by atoms with Crippen molar-refractivity contribution in [3.05, 3.63) is 54.1 Å². The maximum Gasteiger partial charge on any atom is 0.306 e. The molecule has 0 bridgehead atoms. The summed E-state index contributed by atoms with van der Waals surface area (Å²) in [6.07, 6.45) is 6.64. The monoisotopic (exact) mass is 426 g/mol. The van der Waals surface area contributed by atoms with Gasteiger partial charge in [0.1, 0.15) is 0 Å². The molecule has 8 nitrogen and oxygen atoms in total. The molecule has 0 aliphatic heterocycles. The molecule has 1 aliphatic carbocycles. The summed E-state index contributed by atoms with van der Waals surface area (Å²) >= 11 is 0. The van der Waals surface area contributed by atoms with Gasteiger partial charge in [-0.2, -0.15) is 14.7 Å². The number of aromatic amines is 1. The zero-order chi connectivity index (χ0) is 21.8. The van der Waals surface area contributed by atoms with Crippen LogP contribution >= 0.6 is 0 Å². The number of rotatable bonds is 3. The molecule has 0 amide bonds. The van der Waals surface area contributed by atoms with Gasteiger partial charge in [-0.1, -0.05) is 18.2 Å². The number of aromatic nitrogens is 6. The van der Waals surface area contributed by atoms with Gasteiger partial charge in [0.05, 0.1) is 28.7 Å². The van der Waals surface area contributed by atoms with Crippen LogP contribution in [0.1, 0.15) is 43.0 Å². The van der Waals surface area contributed by atoms with Crippen molar-refractivity contribution >= 4 is 33.6 Å². The minimum absolute atomic E-state index is 0.201. The third-order valence-corrected chi connectivity index (χ3v) is 6.72. The van der Waals surface area contributed by atoms with Crippen LogP contribution in [0.15, 0.2) is 42.7 Å². The lowest BCUT2D eigenvalue weighted by molar-refractivity contribution is -0.142. The van der Waals surface area contributed by atoms with Crippen LogP contribution in [0, 0.1) is 12.8 Å². The SMILES string of the molecule is Cc1[nH]nc2c1c(C1CCC(C(=O)O)CC1)nc1c(-c3cnc4ccccc4c3)cnn12. The summed E-state index contributed by atoms with van der Waals surface area (Å²) in [7, 11) is 0. The van der Waals surface area contributed by atoms with Crippen molar-refractivity contribution in [3.63, 3.8) is 0 Å². The number of carboxylic acids is 1. The molecule has 0 saturated heterocycles. The lowest BCUT2D eigenvalue weighted by Crippen LogP contribution is -2.21. The fourth-order valence-electron chi connectivity index (χ4n) is 4.98. The topological polar surface area (TPSA) is 109 Å². The van der Waals surface area contributed by atoms with Gasteiger partial charge in [0.25, 0.3) is 0 Å². The van der Waals surface area contributed by atoms with E-state index in [9.17, 15) is 9.90 Å². The first kappa shape index (κ1) is 18.9. The molecule has 8 heteroatoms. The van der Waals surface area contributed by atoms with Crippen LogP contribution in [-0.4, -0.2) is 40.9 Å². The smallest absolute Gasteiger partial charge is 0.306 e. The van der Waals surface area contributed by atoms with Crippen molar-refractivity contribution in [3.8, 4) is 11.1 Å². The number of nitrogens with one attached hydrogen (secondary N) is 1. The van der Waals surface area contributed by atoms with Gasteiger partial charge in [0.15, 0.2) is 11.3 Å². The highest BCUT2D eigenvalue weighted by Gasteiger charge is 2.30. The number of para-hydroxylation sites is 1. The summed E-state index contributed by atoms with van der Waals surface area (Å²) in [5.74, 6) is -0.754. The van der Waals surface area contributed by atoms with Gasteiger partial charge < -0.3 is 5.11 Å². The van der Waals surface area contributed by atoms with Crippen molar-refractivity contribution in [2.45, 2.75) is 38.5 Å². The molecule has 160 valence electrons. The summed E-state index contributed by atoms with van der Waals surface area (Å²) in [4.78, 5) is 21.1. The number of aliphatic carboxylic acids is 1. The summed E-state index contributed by atoms with van der Waals surface area (Å²) in [6, 6.07) is 10.1. The summed E-state index contributed by atoms with van der Waals surface area (Å²) < 4.78 is 1.79. The highest BCUT2D eigenvalue weighted by atomic mass is 16.4. The van der Waals surface area contributed by atoms with Crippen molar-refractivity contribution < 1.29 is 9.90 Å². The molecule has 2 N–H and O–H groups in total. The van der Waals surface area contributed by atoms with Gasteiger partial charge in [-0.3, -0.25) is 14.9 Å². The van der Waals surface area contributed by atoms with Crippen LogP contribution < -0.4 is 0 Å². The van der Waals surface area contributed by atoms with E-state index in [-0.39, 0.29) is 11.8 Å². The average molecular weight is 426 g/mol. The highest BCUT2D eigenvalue weighted by Crippen LogP contribution is 2.39. The van der Waals surface area contributed by atoms with Crippen molar-refractivity contribution in [1.82, 2.24) is 29.8 Å². The van der Waals surface area contributed by atoms with E-state index in [0.717, 1.165) is 62.9 Å². The van der Waals surface area contributed by atoms with Crippen molar-refractivity contribution in [2.24, 2.45) is 5.92 Å². The largest absolute Gasteiger partial charge is 0.481 e. The molecule has 0 spiro atoms. The number of benzene rings is 1. The van der Waals surface area contributed by atoms with E-state index < -0.39 is 5.97 Å². The number of H-pyrrole nitrogens is 1. The Kier molecular flexibility index (Phi) is 4.21. The van der Waals surface area contributed by atoms with Crippen LogP contribution in [0.5, 0.6) is 0 Å². The minimum Gasteiger partial charge on any atom is -0.481 e. The Morgan fingerprint density at radius 2 is 1.94 bits per heavy atom. The highest BCUT2D eigenvalue weighted by molar-refractivity contribution is 5.90. The molecule has 1 aromatic carbocycles. The number of hydrogen-bond acceptors (Lipinski definition) is 5. The third-order valence-electron chi connectivity index (χ3n) is 6.72. The van der Waals surface area contributed by atoms with Gasteiger partial charge in [0, 0.05) is 34.3 Å². The summed E-state index contributed by atoms with van der Waals surface area (Å²) in [5.41, 5.74) is 6.25. The maximum atomic E-state index is 11.4. The minimum atomic E-state index is -0.696. The van der Waals surface area contributed by atoms with Crippen LogP contribution in [0.3, 0.4) is 0 Å². The second-order valence-corrected chi connectivity index (χ2v) is 8.64. The molecule has 4 heterocycles. The quantitative estimate of drug-likeness (QED) is 0.440. The standard InChI is InChI=1S/C24H22N6O2/c1-13-20-21(14-6-8-15(9-7-14)24(31)32)27-22-18(12-26-30(22)23(20)29-28-13)17-10-16-4-2-3-5-19(16)25-11-17/h2-5,10-12,14-15H,6-9H2,1H3,(H,28,29)(H,31,32). The van der Waals surface area contributed by atoms with Gasteiger partial charge >= 0.3 is 5.97 Å². The Morgan fingerprint density at radius 1 is 1.12 bits per heavy atom. The van der Waals surface area contributed by atoms with Crippen LogP contribution in [0.4, 0.5) is 0 Å². The molecular formula is C24H22N6O2. The normalized spacial score (nSPS) is 19.2. The molecule has 32 heavy (non-hydrogen) atoms. The lowest BCUT2D eigenvalue weighted by Gasteiger charge is -2.26. The molecule has 0 unspecified atom stereocenters. The number of fused-ring (bicyclic) bond motifs is 4. The zero-order valence-electron chi connectivity index (χ0n) is 17.6. The first-order valence-electron chi connectivity index (χ1n) is 10.9. The van der Waals surface area contributed by atoms with Crippen LogP contribution in [0.25, 0.3) is 38.7 Å². The fraction of sp³-hybridized carbons (Fsp3) is 0.292. The zero-order valence-corrected chi connectivity index (χ0v) is 17.6. The first-order valence-corrected chi connectivity index (χ1v) is 10.9. The lowest BCUT2D eigenvalue weighted by atomic mass is 9.79. The van der Waals surface area contributed by atoms with E-state index >= 15 is 0 Å². The third kappa shape index (κ3) is 2.86. The van der Waals surface area contributed by atoms with E-state index in [0.29, 0.717) is 12.8 Å². The van der Waals surface area contributed by atoms with E-state index in [4.69, 9.17) is 4.98 Å². The Morgan fingerprint density at radius 3 is 2.75 bits per heavy atom. The molecule has 0 radical (unpaired) electrons. The number of carboxylic acid groups (broad SMARTS) is 1. The van der Waals surface area contributed by atoms with Crippen LogP contribution in [-0.2, 0) is 4.79 Å². The average Bonchev–Trinajstić information content (AvgIpc) is 3.42. The Bertz CT molecular complexity index is 1490. The van der Waals surface area contributed by atoms with Crippen molar-refractivity contribution in [2.75, 3.05) is 0 Å². The van der Waals surface area contributed by atoms with Gasteiger partial charge in [-0.05, 0) is 44.7 Å². The number of pyridine rings is 1. The van der Waals surface area contributed by atoms with E-state index in [1.54, 1.807) is 4.52 Å². The van der Waals surface area contributed by atoms with Crippen LogP contribution in [0.2, 0.25) is 0 Å². The molecular weight excluding hydrogens is 404 g/mol. The summed E-state index contributed by atoms with van der Waals surface area (Å²) in [5, 5.41) is 23.7. The Hall–Kier alpha value is -3.81. The molecule has 6 rings (SSSR count). The number of aryl methyl sites for hydroxylation is 1. The predicted octanol–water partition coefficient (Wildman–Crippen LogP) is 4.49. The molecule has 1 fully saturated rings. The number of hydrogen-bond donors (Lipinski definition) is 2. The van der Waals surface area contributed by atoms with Gasteiger partial charge in [0.2, 0.25) is 0 Å². The van der Waals surface area contributed by atoms with E-state index in [1.807, 2.05) is 43.6 Å². The predicted molar refractivity (Wildman–Crippen MR) is 120 cm³/mol. The first-order chi connectivity index (χ1) is 15.6. The molecule has 4 aromatic heterocycles. The van der Waals surface area contributed by atoms with E-state index in [1.165, 1.54) is 0 Å². The Balaban J connectivity index is 1.52. The number of carbonyl (C=O) groups is 1. The fourth-order valence-corrected chi connectivity index (χ4v) is 4.98. The van der Waals surface area contributed by atoms with Gasteiger partial charge in [-0.25, -0.2) is 4.98 Å². The van der Waals surface area contributed by atoms with Gasteiger partial charge in [-0.15, -0.1) is 0 Å². The second-order valence-electron chi connectivity index (χ2n) is 8.64. The maximum absolute atomic E-state index is 11.4. The van der Waals surface area contributed by atoms with Crippen molar-refractivity contribution in [1.29, 1.82) is 0 Å². The molecule has 1 saturated carbocycles.